The Hall–Kier alpha value is -0.640. The molecule has 1 aliphatic rings. The van der Waals surface area contributed by atoms with Crippen LogP contribution in [-0.4, -0.2) is 11.6 Å². The van der Waals surface area contributed by atoms with Crippen LogP contribution >= 0.6 is 27.5 Å². The lowest BCUT2D eigenvalue weighted by Gasteiger charge is -2.18. The maximum absolute atomic E-state index is 6.42. The standard InChI is InChI=1S/C12H9BrClNO/c13-7-1-2-10-9(5-7)12(14)8-3-4-16-6-11(8)15-10/h1-2,5H,3-4,6H2. The third-order valence-corrected chi connectivity index (χ3v) is 3.72. The molecule has 0 saturated heterocycles. The van der Waals surface area contributed by atoms with E-state index in [9.17, 15) is 0 Å². The highest BCUT2D eigenvalue weighted by Gasteiger charge is 2.17. The van der Waals surface area contributed by atoms with E-state index < -0.39 is 0 Å². The maximum atomic E-state index is 6.42. The number of benzene rings is 1. The second kappa shape index (κ2) is 3.99. The number of hydrogen-bond acceptors (Lipinski definition) is 2. The van der Waals surface area contributed by atoms with E-state index in [2.05, 4.69) is 20.9 Å². The summed E-state index contributed by atoms with van der Waals surface area (Å²) in [5.41, 5.74) is 3.04. The summed E-state index contributed by atoms with van der Waals surface area (Å²) in [4.78, 5) is 4.59. The smallest absolute Gasteiger partial charge is 0.0891 e. The van der Waals surface area contributed by atoms with Gasteiger partial charge in [-0.15, -0.1) is 0 Å². The molecule has 82 valence electrons. The molecule has 3 rings (SSSR count). The summed E-state index contributed by atoms with van der Waals surface area (Å²) in [6, 6.07) is 5.96. The van der Waals surface area contributed by atoms with Gasteiger partial charge in [0, 0.05) is 9.86 Å². The lowest BCUT2D eigenvalue weighted by atomic mass is 10.1. The van der Waals surface area contributed by atoms with Crippen LogP contribution in [0.4, 0.5) is 0 Å². The van der Waals surface area contributed by atoms with Gasteiger partial charge in [0.15, 0.2) is 0 Å². The zero-order valence-corrected chi connectivity index (χ0v) is 10.8. The molecule has 16 heavy (non-hydrogen) atoms. The quantitative estimate of drug-likeness (QED) is 0.739. The van der Waals surface area contributed by atoms with Crippen LogP contribution < -0.4 is 0 Å². The van der Waals surface area contributed by atoms with Crippen molar-refractivity contribution in [2.45, 2.75) is 13.0 Å². The first-order valence-electron chi connectivity index (χ1n) is 5.10. The Kier molecular flexibility index (Phi) is 2.62. The van der Waals surface area contributed by atoms with Gasteiger partial charge in [0.2, 0.25) is 0 Å². The lowest BCUT2D eigenvalue weighted by molar-refractivity contribution is 0.108. The number of pyridine rings is 1. The fourth-order valence-electron chi connectivity index (χ4n) is 2.00. The zero-order valence-electron chi connectivity index (χ0n) is 8.46. The van der Waals surface area contributed by atoms with Crippen LogP contribution in [0.2, 0.25) is 5.02 Å². The van der Waals surface area contributed by atoms with E-state index >= 15 is 0 Å². The number of aromatic nitrogens is 1. The highest BCUT2D eigenvalue weighted by Crippen LogP contribution is 2.32. The van der Waals surface area contributed by atoms with Crippen molar-refractivity contribution in [2.24, 2.45) is 0 Å². The highest BCUT2D eigenvalue weighted by atomic mass is 79.9. The van der Waals surface area contributed by atoms with E-state index in [1.54, 1.807) is 0 Å². The normalized spacial score (nSPS) is 15.1. The molecule has 0 radical (unpaired) electrons. The molecule has 0 aliphatic carbocycles. The molecular formula is C12H9BrClNO. The Balaban J connectivity index is 2.35. The van der Waals surface area contributed by atoms with Gasteiger partial charge in [-0.25, -0.2) is 4.98 Å². The van der Waals surface area contributed by atoms with Gasteiger partial charge in [-0.05, 0) is 30.2 Å². The summed E-state index contributed by atoms with van der Waals surface area (Å²) in [7, 11) is 0. The Bertz CT molecular complexity index is 570. The minimum absolute atomic E-state index is 0.570. The topological polar surface area (TPSA) is 22.1 Å². The van der Waals surface area contributed by atoms with Crippen molar-refractivity contribution in [1.82, 2.24) is 4.98 Å². The van der Waals surface area contributed by atoms with E-state index in [1.165, 1.54) is 0 Å². The molecule has 0 spiro atoms. The van der Waals surface area contributed by atoms with Gasteiger partial charge in [0.25, 0.3) is 0 Å². The van der Waals surface area contributed by atoms with Crippen LogP contribution in [-0.2, 0) is 17.8 Å². The maximum Gasteiger partial charge on any atom is 0.0891 e. The van der Waals surface area contributed by atoms with Gasteiger partial charge >= 0.3 is 0 Å². The highest BCUT2D eigenvalue weighted by molar-refractivity contribution is 9.10. The molecule has 2 aromatic rings. The fourth-order valence-corrected chi connectivity index (χ4v) is 2.72. The second-order valence-corrected chi connectivity index (χ2v) is 5.11. The molecule has 0 unspecified atom stereocenters. The van der Waals surface area contributed by atoms with Crippen LogP contribution in [0.25, 0.3) is 10.9 Å². The summed E-state index contributed by atoms with van der Waals surface area (Å²) >= 11 is 9.87. The van der Waals surface area contributed by atoms with Crippen LogP contribution in [0.15, 0.2) is 22.7 Å². The first-order valence-corrected chi connectivity index (χ1v) is 6.27. The molecule has 0 bridgehead atoms. The zero-order chi connectivity index (χ0) is 11.1. The van der Waals surface area contributed by atoms with Gasteiger partial charge in [-0.1, -0.05) is 27.5 Å². The second-order valence-electron chi connectivity index (χ2n) is 3.82. The minimum Gasteiger partial charge on any atom is -0.375 e. The van der Waals surface area contributed by atoms with Crippen molar-refractivity contribution in [3.63, 3.8) is 0 Å². The van der Waals surface area contributed by atoms with Gasteiger partial charge in [-0.2, -0.15) is 0 Å². The number of halogens is 2. The molecule has 4 heteroatoms. The molecule has 0 fully saturated rings. The molecule has 0 amide bonds. The minimum atomic E-state index is 0.570. The Morgan fingerprint density at radius 3 is 3.12 bits per heavy atom. The summed E-state index contributed by atoms with van der Waals surface area (Å²) < 4.78 is 6.42. The molecule has 2 nitrogen and oxygen atoms in total. The molecule has 0 atom stereocenters. The molecule has 1 aromatic heterocycles. The van der Waals surface area contributed by atoms with Gasteiger partial charge in [0.1, 0.15) is 0 Å². The third kappa shape index (κ3) is 1.63. The predicted octanol–water partition coefficient (Wildman–Crippen LogP) is 3.72. The Labute approximate surface area is 107 Å². The van der Waals surface area contributed by atoms with E-state index in [0.717, 1.165) is 44.7 Å². The van der Waals surface area contributed by atoms with Crippen molar-refractivity contribution in [3.05, 3.63) is 39.0 Å². The third-order valence-electron chi connectivity index (χ3n) is 2.80. The van der Waals surface area contributed by atoms with Crippen LogP contribution in [0, 0.1) is 0 Å². The van der Waals surface area contributed by atoms with Gasteiger partial charge in [0.05, 0.1) is 29.4 Å². The van der Waals surface area contributed by atoms with E-state index in [1.807, 2.05) is 18.2 Å². The van der Waals surface area contributed by atoms with Crippen LogP contribution in [0.1, 0.15) is 11.3 Å². The van der Waals surface area contributed by atoms with Crippen molar-refractivity contribution in [3.8, 4) is 0 Å². The van der Waals surface area contributed by atoms with Crippen molar-refractivity contribution >= 4 is 38.4 Å². The van der Waals surface area contributed by atoms with Crippen LogP contribution in [0.3, 0.4) is 0 Å². The predicted molar refractivity (Wildman–Crippen MR) is 67.8 cm³/mol. The first-order chi connectivity index (χ1) is 7.75. The average molecular weight is 299 g/mol. The van der Waals surface area contributed by atoms with Gasteiger partial charge in [-0.3, -0.25) is 0 Å². The number of hydrogen-bond donors (Lipinski definition) is 0. The Morgan fingerprint density at radius 1 is 1.38 bits per heavy atom. The summed E-state index contributed by atoms with van der Waals surface area (Å²) in [5.74, 6) is 0. The SMILES string of the molecule is Clc1c2c(nc3ccc(Br)cc13)COCC2. The number of ether oxygens (including phenoxy) is 1. The first kappa shape index (κ1) is 10.5. The molecule has 1 aromatic carbocycles. The summed E-state index contributed by atoms with van der Waals surface area (Å²) in [6.45, 7) is 1.30. The summed E-state index contributed by atoms with van der Waals surface area (Å²) in [6.07, 6.45) is 0.851. The number of rotatable bonds is 0. The van der Waals surface area contributed by atoms with Gasteiger partial charge < -0.3 is 4.74 Å². The molecular weight excluding hydrogens is 289 g/mol. The van der Waals surface area contributed by atoms with Crippen LogP contribution in [0.5, 0.6) is 0 Å². The largest absolute Gasteiger partial charge is 0.375 e. The summed E-state index contributed by atoms with van der Waals surface area (Å²) in [5, 5.41) is 1.83. The van der Waals surface area contributed by atoms with E-state index in [4.69, 9.17) is 16.3 Å². The Morgan fingerprint density at radius 2 is 2.25 bits per heavy atom. The van der Waals surface area contributed by atoms with Crippen molar-refractivity contribution < 1.29 is 4.74 Å². The molecule has 0 N–H and O–H groups in total. The molecule has 0 saturated carbocycles. The van der Waals surface area contributed by atoms with Crippen molar-refractivity contribution in [2.75, 3.05) is 6.61 Å². The molecule has 1 aliphatic heterocycles. The average Bonchev–Trinajstić information content (AvgIpc) is 2.31. The monoisotopic (exact) mass is 297 g/mol. The van der Waals surface area contributed by atoms with E-state index in [0.29, 0.717) is 6.61 Å². The van der Waals surface area contributed by atoms with E-state index in [-0.39, 0.29) is 0 Å². The molecule has 2 heterocycles. The fraction of sp³-hybridized carbons (Fsp3) is 0.250. The number of nitrogens with zero attached hydrogens (tertiary/aromatic N) is 1. The number of fused-ring (bicyclic) bond motifs is 2. The lowest BCUT2D eigenvalue weighted by Crippen LogP contribution is -2.12. The van der Waals surface area contributed by atoms with Crippen molar-refractivity contribution in [1.29, 1.82) is 0 Å².